The van der Waals surface area contributed by atoms with Crippen LogP contribution in [0, 0.1) is 11.7 Å². The molecule has 1 heterocycles. The molecule has 1 unspecified atom stereocenters. The van der Waals surface area contributed by atoms with Crippen molar-refractivity contribution in [2.45, 2.75) is 25.9 Å². The molecular formula is C15H19F3N2O2. The summed E-state index contributed by atoms with van der Waals surface area (Å²) in [5, 5.41) is 5.95. The van der Waals surface area contributed by atoms with Crippen LogP contribution in [0.5, 0.6) is 5.75 Å². The number of hydrogen-bond acceptors (Lipinski definition) is 3. The fourth-order valence-corrected chi connectivity index (χ4v) is 2.53. The number of benzene rings is 1. The van der Waals surface area contributed by atoms with Crippen molar-refractivity contribution < 1.29 is 22.7 Å². The lowest BCUT2D eigenvalue weighted by Crippen LogP contribution is -2.33. The molecule has 22 heavy (non-hydrogen) atoms. The van der Waals surface area contributed by atoms with Gasteiger partial charge in [0.25, 0.3) is 5.91 Å². The predicted molar refractivity (Wildman–Crippen MR) is 75.6 cm³/mol. The van der Waals surface area contributed by atoms with Crippen molar-refractivity contribution in [2.75, 3.05) is 19.6 Å². The summed E-state index contributed by atoms with van der Waals surface area (Å²) in [7, 11) is 0. The van der Waals surface area contributed by atoms with Crippen LogP contribution in [0.3, 0.4) is 0 Å². The summed E-state index contributed by atoms with van der Waals surface area (Å²) in [6, 6.07) is 2.97. The van der Waals surface area contributed by atoms with Crippen LogP contribution >= 0.6 is 0 Å². The van der Waals surface area contributed by atoms with Crippen LogP contribution in [0.2, 0.25) is 0 Å². The van der Waals surface area contributed by atoms with E-state index in [9.17, 15) is 18.0 Å². The molecule has 1 saturated heterocycles. The first-order valence-electron chi connectivity index (χ1n) is 7.29. The molecule has 2 rings (SSSR count). The Bertz CT molecular complexity index is 506. The number of ether oxygens (including phenoxy) is 1. The average Bonchev–Trinajstić information content (AvgIpc) is 2.47. The monoisotopic (exact) mass is 316 g/mol. The molecule has 1 fully saturated rings. The zero-order valence-corrected chi connectivity index (χ0v) is 12.1. The highest BCUT2D eigenvalue weighted by Gasteiger charge is 2.18. The van der Waals surface area contributed by atoms with Crippen LogP contribution < -0.4 is 15.4 Å². The van der Waals surface area contributed by atoms with E-state index in [1.54, 1.807) is 0 Å². The van der Waals surface area contributed by atoms with E-state index < -0.39 is 24.1 Å². The van der Waals surface area contributed by atoms with Gasteiger partial charge in [-0.3, -0.25) is 4.79 Å². The molecule has 0 radical (unpaired) electrons. The van der Waals surface area contributed by atoms with Gasteiger partial charge in [-0.05, 0) is 50.4 Å². The molecule has 2 N–H and O–H groups in total. The lowest BCUT2D eigenvalue weighted by atomic mass is 9.96. The summed E-state index contributed by atoms with van der Waals surface area (Å²) < 4.78 is 41.9. The van der Waals surface area contributed by atoms with Crippen molar-refractivity contribution in [3.05, 3.63) is 29.6 Å². The van der Waals surface area contributed by atoms with Crippen LogP contribution in [-0.4, -0.2) is 32.2 Å². The Morgan fingerprint density at radius 2 is 2.27 bits per heavy atom. The molecule has 122 valence electrons. The number of carbonyl (C=O) groups is 1. The maximum Gasteiger partial charge on any atom is 0.387 e. The van der Waals surface area contributed by atoms with Gasteiger partial charge in [0.05, 0.1) is 5.56 Å². The molecule has 0 aliphatic carbocycles. The Morgan fingerprint density at radius 3 is 2.95 bits per heavy atom. The standard InChI is InChI=1S/C15H19F3N2O2/c16-11-3-4-12(13(8-11)22-15(17)18)14(21)20-7-5-10-2-1-6-19-9-10/h3-4,8,10,15,19H,1-2,5-7,9H2,(H,20,21). The molecular weight excluding hydrogens is 297 g/mol. The van der Waals surface area contributed by atoms with Crippen LogP contribution in [0.1, 0.15) is 29.6 Å². The topological polar surface area (TPSA) is 50.4 Å². The van der Waals surface area contributed by atoms with Gasteiger partial charge >= 0.3 is 6.61 Å². The van der Waals surface area contributed by atoms with Crippen molar-refractivity contribution in [3.63, 3.8) is 0 Å². The Balaban J connectivity index is 1.90. The minimum atomic E-state index is -3.11. The van der Waals surface area contributed by atoms with Gasteiger partial charge in [-0.2, -0.15) is 8.78 Å². The first-order chi connectivity index (χ1) is 10.6. The van der Waals surface area contributed by atoms with E-state index in [2.05, 4.69) is 15.4 Å². The van der Waals surface area contributed by atoms with E-state index in [0.717, 1.165) is 50.6 Å². The predicted octanol–water partition coefficient (Wildman–Crippen LogP) is 2.55. The summed E-state index contributed by atoms with van der Waals surface area (Å²) >= 11 is 0. The van der Waals surface area contributed by atoms with E-state index in [1.165, 1.54) is 0 Å². The number of amides is 1. The van der Waals surface area contributed by atoms with Gasteiger partial charge in [-0.1, -0.05) is 0 Å². The molecule has 1 amide bonds. The normalized spacial score (nSPS) is 18.3. The van der Waals surface area contributed by atoms with Gasteiger partial charge in [0.15, 0.2) is 0 Å². The zero-order valence-electron chi connectivity index (χ0n) is 12.1. The molecule has 1 atom stereocenters. The fourth-order valence-electron chi connectivity index (χ4n) is 2.53. The third kappa shape index (κ3) is 4.91. The summed E-state index contributed by atoms with van der Waals surface area (Å²) in [6.45, 7) is -0.725. The quantitative estimate of drug-likeness (QED) is 0.848. The van der Waals surface area contributed by atoms with E-state index >= 15 is 0 Å². The van der Waals surface area contributed by atoms with Crippen molar-refractivity contribution >= 4 is 5.91 Å². The summed E-state index contributed by atoms with van der Waals surface area (Å²) in [5.41, 5.74) is -0.0940. The highest BCUT2D eigenvalue weighted by molar-refractivity contribution is 5.96. The molecule has 1 aliphatic rings. The molecule has 0 aromatic heterocycles. The van der Waals surface area contributed by atoms with Crippen LogP contribution in [-0.2, 0) is 0 Å². The van der Waals surface area contributed by atoms with E-state index in [0.29, 0.717) is 12.5 Å². The van der Waals surface area contributed by atoms with Crippen molar-refractivity contribution in [3.8, 4) is 5.75 Å². The molecule has 0 bridgehead atoms. The molecule has 7 heteroatoms. The molecule has 0 saturated carbocycles. The minimum Gasteiger partial charge on any atom is -0.434 e. The maximum atomic E-state index is 13.1. The molecule has 0 spiro atoms. The smallest absolute Gasteiger partial charge is 0.387 e. The Labute approximate surface area is 127 Å². The van der Waals surface area contributed by atoms with Crippen LogP contribution in [0.25, 0.3) is 0 Å². The van der Waals surface area contributed by atoms with Crippen molar-refractivity contribution in [2.24, 2.45) is 5.92 Å². The number of carbonyl (C=O) groups excluding carboxylic acids is 1. The lowest BCUT2D eigenvalue weighted by Gasteiger charge is -2.22. The third-order valence-electron chi connectivity index (χ3n) is 3.64. The molecule has 1 aromatic carbocycles. The largest absolute Gasteiger partial charge is 0.434 e. The summed E-state index contributed by atoms with van der Waals surface area (Å²) in [6.07, 6.45) is 3.03. The maximum absolute atomic E-state index is 13.1. The average molecular weight is 316 g/mol. The lowest BCUT2D eigenvalue weighted by molar-refractivity contribution is -0.0503. The second kappa shape index (κ2) is 8.03. The van der Waals surface area contributed by atoms with Gasteiger partial charge in [0.2, 0.25) is 0 Å². The zero-order chi connectivity index (χ0) is 15.9. The second-order valence-corrected chi connectivity index (χ2v) is 5.28. The highest BCUT2D eigenvalue weighted by atomic mass is 19.3. The Kier molecular flexibility index (Phi) is 6.06. The van der Waals surface area contributed by atoms with Crippen LogP contribution in [0.4, 0.5) is 13.2 Å². The van der Waals surface area contributed by atoms with Gasteiger partial charge in [0, 0.05) is 12.6 Å². The summed E-state index contributed by atoms with van der Waals surface area (Å²) in [5.74, 6) is -1.23. The molecule has 1 aromatic rings. The van der Waals surface area contributed by atoms with Gasteiger partial charge < -0.3 is 15.4 Å². The molecule has 1 aliphatic heterocycles. The van der Waals surface area contributed by atoms with Gasteiger partial charge in [0.1, 0.15) is 11.6 Å². The number of alkyl halides is 2. The van der Waals surface area contributed by atoms with E-state index in [-0.39, 0.29) is 5.56 Å². The van der Waals surface area contributed by atoms with Gasteiger partial charge in [-0.25, -0.2) is 4.39 Å². The highest BCUT2D eigenvalue weighted by Crippen LogP contribution is 2.22. The number of nitrogens with one attached hydrogen (secondary N) is 2. The molecule has 4 nitrogen and oxygen atoms in total. The SMILES string of the molecule is O=C(NCCC1CCCNC1)c1ccc(F)cc1OC(F)F. The Hall–Kier alpha value is -1.76. The van der Waals surface area contributed by atoms with Gasteiger partial charge in [-0.15, -0.1) is 0 Å². The third-order valence-corrected chi connectivity index (χ3v) is 3.64. The van der Waals surface area contributed by atoms with Crippen LogP contribution in [0.15, 0.2) is 18.2 Å². The second-order valence-electron chi connectivity index (χ2n) is 5.28. The summed E-state index contributed by atoms with van der Waals surface area (Å²) in [4.78, 5) is 12.0. The first kappa shape index (κ1) is 16.6. The number of piperidine rings is 1. The number of halogens is 3. The van der Waals surface area contributed by atoms with Crippen molar-refractivity contribution in [1.29, 1.82) is 0 Å². The van der Waals surface area contributed by atoms with E-state index in [1.807, 2.05) is 0 Å². The van der Waals surface area contributed by atoms with Crippen molar-refractivity contribution in [1.82, 2.24) is 10.6 Å². The first-order valence-corrected chi connectivity index (χ1v) is 7.29. The minimum absolute atomic E-state index is 0.0940. The number of rotatable bonds is 6. The fraction of sp³-hybridized carbons (Fsp3) is 0.533. The Morgan fingerprint density at radius 1 is 1.45 bits per heavy atom. The number of hydrogen-bond donors (Lipinski definition) is 2. The van der Waals surface area contributed by atoms with E-state index in [4.69, 9.17) is 0 Å².